The summed E-state index contributed by atoms with van der Waals surface area (Å²) in [5.74, 6) is -0.253. The van der Waals surface area contributed by atoms with Crippen LogP contribution in [0.5, 0.6) is 0 Å². The van der Waals surface area contributed by atoms with E-state index in [9.17, 15) is 9.59 Å². The Morgan fingerprint density at radius 1 is 1.04 bits per heavy atom. The van der Waals surface area contributed by atoms with Gasteiger partial charge in [0.05, 0.1) is 6.26 Å². The maximum atomic E-state index is 12.8. The lowest BCUT2D eigenvalue weighted by molar-refractivity contribution is 0.102. The Bertz CT molecular complexity index is 1080. The molecular weight excluding hydrogens is 366 g/mol. The van der Waals surface area contributed by atoms with Crippen LogP contribution in [0, 0.1) is 0 Å². The van der Waals surface area contributed by atoms with Crippen molar-refractivity contribution in [3.05, 3.63) is 77.6 Å². The van der Waals surface area contributed by atoms with E-state index < -0.39 is 0 Å². The molecule has 0 spiro atoms. The standard InChI is InChI=1S/C18H11N5O3S/c24-15(12-5-8-20-10-21-12)16-14(13-2-1-9-26-13)22-18(27-16)23-17(25)11-3-6-19-7-4-11/h1-10H,(H,22,23,25). The Morgan fingerprint density at radius 3 is 2.56 bits per heavy atom. The van der Waals surface area contributed by atoms with Crippen LogP contribution in [-0.4, -0.2) is 31.6 Å². The average Bonchev–Trinajstić information content (AvgIpc) is 3.38. The maximum absolute atomic E-state index is 12.8. The molecule has 8 nitrogen and oxygen atoms in total. The van der Waals surface area contributed by atoms with Gasteiger partial charge in [-0.1, -0.05) is 11.3 Å². The number of nitrogens with zero attached hydrogens (tertiary/aromatic N) is 4. The van der Waals surface area contributed by atoms with E-state index in [0.717, 1.165) is 11.3 Å². The van der Waals surface area contributed by atoms with E-state index in [1.807, 2.05) is 0 Å². The molecule has 27 heavy (non-hydrogen) atoms. The van der Waals surface area contributed by atoms with Crippen LogP contribution in [0.25, 0.3) is 11.5 Å². The summed E-state index contributed by atoms with van der Waals surface area (Å²) in [4.78, 5) is 41.6. The third-order valence-electron chi connectivity index (χ3n) is 3.57. The SMILES string of the molecule is O=C(Nc1nc(-c2ccco2)c(C(=O)c2ccncn2)s1)c1ccncc1. The third kappa shape index (κ3) is 3.48. The number of amides is 1. The molecule has 0 fully saturated rings. The summed E-state index contributed by atoms with van der Waals surface area (Å²) < 4.78 is 5.39. The number of hydrogen-bond donors (Lipinski definition) is 1. The van der Waals surface area contributed by atoms with Crippen molar-refractivity contribution in [3.63, 3.8) is 0 Å². The first-order valence-electron chi connectivity index (χ1n) is 7.79. The van der Waals surface area contributed by atoms with E-state index in [-0.39, 0.29) is 22.5 Å². The average molecular weight is 377 g/mol. The summed E-state index contributed by atoms with van der Waals surface area (Å²) in [5, 5.41) is 2.98. The number of ketones is 1. The Labute approximate surface area is 157 Å². The lowest BCUT2D eigenvalue weighted by atomic mass is 10.2. The molecule has 0 aliphatic heterocycles. The van der Waals surface area contributed by atoms with E-state index in [2.05, 4.69) is 25.3 Å². The van der Waals surface area contributed by atoms with Crippen molar-refractivity contribution in [2.45, 2.75) is 0 Å². The zero-order chi connectivity index (χ0) is 18.6. The van der Waals surface area contributed by atoms with Gasteiger partial charge in [-0.3, -0.25) is 19.9 Å². The Kier molecular flexibility index (Phi) is 4.50. The van der Waals surface area contributed by atoms with Gasteiger partial charge < -0.3 is 4.42 Å². The fourth-order valence-corrected chi connectivity index (χ4v) is 3.24. The summed E-state index contributed by atoms with van der Waals surface area (Å²) in [6.45, 7) is 0. The van der Waals surface area contributed by atoms with Gasteiger partial charge in [-0.2, -0.15) is 0 Å². The molecule has 1 amide bonds. The largest absolute Gasteiger partial charge is 0.463 e. The zero-order valence-electron chi connectivity index (χ0n) is 13.7. The first-order valence-corrected chi connectivity index (χ1v) is 8.61. The fraction of sp³-hybridized carbons (Fsp3) is 0. The van der Waals surface area contributed by atoms with Gasteiger partial charge in [0.1, 0.15) is 22.6 Å². The maximum Gasteiger partial charge on any atom is 0.257 e. The normalized spacial score (nSPS) is 10.5. The van der Waals surface area contributed by atoms with Gasteiger partial charge in [-0.05, 0) is 30.3 Å². The second kappa shape index (κ2) is 7.26. The van der Waals surface area contributed by atoms with Crippen molar-refractivity contribution < 1.29 is 14.0 Å². The number of anilines is 1. The van der Waals surface area contributed by atoms with Crippen LogP contribution in [0.2, 0.25) is 0 Å². The molecule has 1 N–H and O–H groups in total. The molecule has 0 aliphatic carbocycles. The second-order valence-corrected chi connectivity index (χ2v) is 6.29. The summed E-state index contributed by atoms with van der Waals surface area (Å²) in [5.41, 5.74) is 1.01. The number of rotatable bonds is 5. The zero-order valence-corrected chi connectivity index (χ0v) is 14.5. The van der Waals surface area contributed by atoms with E-state index in [4.69, 9.17) is 4.42 Å². The summed E-state index contributed by atoms with van der Waals surface area (Å²) in [6.07, 6.45) is 7.32. The molecule has 132 valence electrons. The molecule has 0 radical (unpaired) electrons. The van der Waals surface area contributed by atoms with E-state index >= 15 is 0 Å². The fourth-order valence-electron chi connectivity index (χ4n) is 2.32. The van der Waals surface area contributed by atoms with Gasteiger partial charge in [0.15, 0.2) is 10.9 Å². The van der Waals surface area contributed by atoms with Gasteiger partial charge in [0, 0.05) is 24.2 Å². The summed E-state index contributed by atoms with van der Waals surface area (Å²) in [6, 6.07) is 8.08. The quantitative estimate of drug-likeness (QED) is 0.532. The minimum Gasteiger partial charge on any atom is -0.463 e. The van der Waals surface area contributed by atoms with E-state index in [1.54, 1.807) is 24.3 Å². The van der Waals surface area contributed by atoms with Crippen LogP contribution in [0.4, 0.5) is 5.13 Å². The van der Waals surface area contributed by atoms with E-state index in [0.29, 0.717) is 21.9 Å². The highest BCUT2D eigenvalue weighted by Gasteiger charge is 2.24. The van der Waals surface area contributed by atoms with Crippen molar-refractivity contribution in [3.8, 4) is 11.5 Å². The predicted octanol–water partition coefficient (Wildman–Crippen LogP) is 3.07. The first kappa shape index (κ1) is 16.7. The number of aromatic nitrogens is 4. The Hall–Kier alpha value is -3.72. The van der Waals surface area contributed by atoms with Crippen molar-refractivity contribution >= 4 is 28.2 Å². The van der Waals surface area contributed by atoms with Crippen LogP contribution in [0.15, 0.2) is 65.9 Å². The molecule has 0 bridgehead atoms. The number of carbonyl (C=O) groups is 2. The van der Waals surface area contributed by atoms with Gasteiger partial charge in [-0.15, -0.1) is 0 Å². The topological polar surface area (TPSA) is 111 Å². The van der Waals surface area contributed by atoms with Gasteiger partial charge in [0.25, 0.3) is 5.91 Å². The number of thiazole rings is 1. The van der Waals surface area contributed by atoms with Crippen LogP contribution in [0.3, 0.4) is 0 Å². The molecule has 4 rings (SSSR count). The molecule has 4 aromatic rings. The van der Waals surface area contributed by atoms with Crippen LogP contribution >= 0.6 is 11.3 Å². The van der Waals surface area contributed by atoms with Crippen molar-refractivity contribution in [1.82, 2.24) is 19.9 Å². The molecule has 0 saturated heterocycles. The Balaban J connectivity index is 1.70. The lowest BCUT2D eigenvalue weighted by Crippen LogP contribution is -2.11. The monoisotopic (exact) mass is 377 g/mol. The van der Waals surface area contributed by atoms with Crippen molar-refractivity contribution in [2.24, 2.45) is 0 Å². The summed E-state index contributed by atoms with van der Waals surface area (Å²) >= 11 is 1.06. The highest BCUT2D eigenvalue weighted by Crippen LogP contribution is 2.33. The van der Waals surface area contributed by atoms with E-state index in [1.165, 1.54) is 37.2 Å². The van der Waals surface area contributed by atoms with Gasteiger partial charge >= 0.3 is 0 Å². The van der Waals surface area contributed by atoms with Crippen LogP contribution < -0.4 is 5.32 Å². The van der Waals surface area contributed by atoms with Crippen molar-refractivity contribution in [2.75, 3.05) is 5.32 Å². The molecule has 0 saturated carbocycles. The highest BCUT2D eigenvalue weighted by molar-refractivity contribution is 7.18. The summed E-state index contributed by atoms with van der Waals surface area (Å²) in [7, 11) is 0. The number of furan rings is 1. The van der Waals surface area contributed by atoms with Gasteiger partial charge in [0.2, 0.25) is 5.78 Å². The second-order valence-electron chi connectivity index (χ2n) is 5.29. The number of hydrogen-bond acceptors (Lipinski definition) is 8. The third-order valence-corrected chi connectivity index (χ3v) is 4.54. The molecule has 0 aliphatic rings. The molecule has 9 heteroatoms. The molecular formula is C18H11N5O3S. The number of nitrogens with one attached hydrogen (secondary N) is 1. The molecule has 0 unspecified atom stereocenters. The molecule has 0 aromatic carbocycles. The van der Waals surface area contributed by atoms with Gasteiger partial charge in [-0.25, -0.2) is 15.0 Å². The smallest absolute Gasteiger partial charge is 0.257 e. The minimum atomic E-state index is -0.349. The number of carbonyl (C=O) groups excluding carboxylic acids is 2. The molecule has 4 heterocycles. The Morgan fingerprint density at radius 2 is 1.85 bits per heavy atom. The first-order chi connectivity index (χ1) is 13.2. The lowest BCUT2D eigenvalue weighted by Gasteiger charge is -2.00. The van der Waals surface area contributed by atoms with Crippen LogP contribution in [-0.2, 0) is 0 Å². The number of pyridine rings is 1. The molecule has 4 aromatic heterocycles. The minimum absolute atomic E-state index is 0.230. The highest BCUT2D eigenvalue weighted by atomic mass is 32.1. The predicted molar refractivity (Wildman–Crippen MR) is 97.5 cm³/mol. The van der Waals surface area contributed by atoms with Crippen molar-refractivity contribution in [1.29, 1.82) is 0 Å². The van der Waals surface area contributed by atoms with Crippen LogP contribution in [0.1, 0.15) is 25.7 Å². The molecule has 0 atom stereocenters.